The molecular weight excluding hydrogens is 396 g/mol. The monoisotopic (exact) mass is 416 g/mol. The molecule has 0 saturated heterocycles. The van der Waals surface area contributed by atoms with E-state index in [9.17, 15) is 9.90 Å². The number of nitrogens with zero attached hydrogens (tertiary/aromatic N) is 3. The number of fused-ring (bicyclic) bond motifs is 2. The van der Waals surface area contributed by atoms with Crippen LogP contribution in [0.4, 0.5) is 0 Å². The first kappa shape index (κ1) is 19.5. The number of aliphatic hydroxyl groups is 1. The second-order valence-electron chi connectivity index (χ2n) is 6.99. The summed E-state index contributed by atoms with van der Waals surface area (Å²) in [6.07, 6.45) is -0.967. The first-order valence-electron chi connectivity index (χ1n) is 9.24. The molecule has 152 valence electrons. The van der Waals surface area contributed by atoms with Gasteiger partial charge in [-0.25, -0.2) is 9.50 Å². The maximum atomic E-state index is 12.8. The van der Waals surface area contributed by atoms with Crippen LogP contribution >= 0.6 is 11.6 Å². The maximum absolute atomic E-state index is 12.8. The molecule has 1 aromatic carbocycles. The fourth-order valence-corrected chi connectivity index (χ4v) is 3.69. The van der Waals surface area contributed by atoms with Crippen LogP contribution in [0.2, 0.25) is 5.02 Å². The van der Waals surface area contributed by atoms with Crippen LogP contribution in [0.5, 0.6) is 11.5 Å². The third kappa shape index (κ3) is 3.61. The van der Waals surface area contributed by atoms with Gasteiger partial charge in [0, 0.05) is 17.9 Å². The summed E-state index contributed by atoms with van der Waals surface area (Å²) in [4.78, 5) is 17.3. The van der Waals surface area contributed by atoms with E-state index in [1.165, 1.54) is 0 Å². The molecule has 29 heavy (non-hydrogen) atoms. The zero-order valence-electron chi connectivity index (χ0n) is 16.3. The Morgan fingerprint density at radius 1 is 1.28 bits per heavy atom. The van der Waals surface area contributed by atoms with Gasteiger partial charge in [-0.1, -0.05) is 11.6 Å². The fourth-order valence-electron chi connectivity index (χ4n) is 3.41. The van der Waals surface area contributed by atoms with Crippen molar-refractivity contribution in [3.05, 3.63) is 51.4 Å². The summed E-state index contributed by atoms with van der Waals surface area (Å²) < 4.78 is 12.7. The van der Waals surface area contributed by atoms with Crippen LogP contribution in [-0.4, -0.2) is 45.4 Å². The van der Waals surface area contributed by atoms with E-state index in [4.69, 9.17) is 21.1 Å². The molecule has 3 heterocycles. The van der Waals surface area contributed by atoms with E-state index in [0.29, 0.717) is 52.2 Å². The van der Waals surface area contributed by atoms with E-state index in [0.717, 1.165) is 11.4 Å². The lowest BCUT2D eigenvalue weighted by Crippen LogP contribution is -2.29. The van der Waals surface area contributed by atoms with Gasteiger partial charge >= 0.3 is 0 Å². The van der Waals surface area contributed by atoms with Crippen molar-refractivity contribution in [2.45, 2.75) is 26.9 Å². The smallest absolute Gasteiger partial charge is 0.257 e. The number of rotatable bonds is 4. The average Bonchev–Trinajstić information content (AvgIpc) is 3.02. The minimum absolute atomic E-state index is 0.00359. The number of carbonyl (C=O) groups is 1. The SMILES string of the molecule is Cc1cc(C)n2nc(C)c(C(=O)NCC(O)c3cc(Cl)c4c(c3)OCCO4)c2n1. The molecule has 0 radical (unpaired) electrons. The Morgan fingerprint density at radius 3 is 2.83 bits per heavy atom. The van der Waals surface area contributed by atoms with Gasteiger partial charge in [0.05, 0.1) is 16.8 Å². The lowest BCUT2D eigenvalue weighted by molar-refractivity contribution is 0.0916. The van der Waals surface area contributed by atoms with Crippen LogP contribution in [0.15, 0.2) is 18.2 Å². The number of halogens is 1. The van der Waals surface area contributed by atoms with E-state index in [-0.39, 0.29) is 12.5 Å². The zero-order chi connectivity index (χ0) is 20.7. The van der Waals surface area contributed by atoms with Crippen molar-refractivity contribution in [3.8, 4) is 11.5 Å². The highest BCUT2D eigenvalue weighted by atomic mass is 35.5. The first-order valence-corrected chi connectivity index (χ1v) is 9.62. The summed E-state index contributed by atoms with van der Waals surface area (Å²) in [6.45, 7) is 6.37. The molecule has 2 N–H and O–H groups in total. The van der Waals surface area contributed by atoms with Crippen LogP contribution in [0.3, 0.4) is 0 Å². The summed E-state index contributed by atoms with van der Waals surface area (Å²) in [5.74, 6) is 0.604. The number of benzene rings is 1. The van der Waals surface area contributed by atoms with Gasteiger partial charge in [0.1, 0.15) is 18.8 Å². The summed E-state index contributed by atoms with van der Waals surface area (Å²) in [5.41, 5.74) is 3.68. The van der Waals surface area contributed by atoms with E-state index in [1.54, 1.807) is 23.6 Å². The molecule has 0 spiro atoms. The highest BCUT2D eigenvalue weighted by Gasteiger charge is 2.22. The minimum atomic E-state index is -0.967. The molecule has 9 heteroatoms. The predicted molar refractivity (Wildman–Crippen MR) is 107 cm³/mol. The molecule has 8 nitrogen and oxygen atoms in total. The molecule has 1 unspecified atom stereocenters. The molecule has 1 aliphatic heterocycles. The van der Waals surface area contributed by atoms with E-state index < -0.39 is 6.10 Å². The third-order valence-electron chi connectivity index (χ3n) is 4.76. The molecule has 2 aromatic heterocycles. The number of hydrogen-bond acceptors (Lipinski definition) is 6. The fraction of sp³-hybridized carbons (Fsp3) is 0.350. The lowest BCUT2D eigenvalue weighted by Gasteiger charge is -2.21. The van der Waals surface area contributed by atoms with Gasteiger partial charge in [-0.15, -0.1) is 0 Å². The number of nitrogens with one attached hydrogen (secondary N) is 1. The van der Waals surface area contributed by atoms with Gasteiger partial charge in [-0.05, 0) is 44.5 Å². The molecule has 1 atom stereocenters. The van der Waals surface area contributed by atoms with Crippen molar-refractivity contribution in [1.29, 1.82) is 0 Å². The Hall–Kier alpha value is -2.84. The van der Waals surface area contributed by atoms with E-state index in [2.05, 4.69) is 15.4 Å². The molecule has 3 aromatic rings. The number of carbonyl (C=O) groups excluding carboxylic acids is 1. The summed E-state index contributed by atoms with van der Waals surface area (Å²) in [7, 11) is 0. The quantitative estimate of drug-likeness (QED) is 0.678. The Balaban J connectivity index is 1.54. The predicted octanol–water partition coefficient (Wildman–Crippen LogP) is 2.54. The normalized spacial score (nSPS) is 14.1. The zero-order valence-corrected chi connectivity index (χ0v) is 17.1. The number of aryl methyl sites for hydroxylation is 3. The molecule has 0 bridgehead atoms. The number of aliphatic hydroxyl groups excluding tert-OH is 1. The maximum Gasteiger partial charge on any atom is 0.257 e. The van der Waals surface area contributed by atoms with Crippen LogP contribution < -0.4 is 14.8 Å². The van der Waals surface area contributed by atoms with E-state index >= 15 is 0 Å². The Bertz CT molecular complexity index is 1110. The number of ether oxygens (including phenoxy) is 2. The van der Waals surface area contributed by atoms with Crippen LogP contribution in [0.1, 0.15) is 39.1 Å². The van der Waals surface area contributed by atoms with Gasteiger partial charge in [-0.2, -0.15) is 5.10 Å². The van der Waals surface area contributed by atoms with Crippen LogP contribution in [-0.2, 0) is 0 Å². The number of amides is 1. The van der Waals surface area contributed by atoms with Crippen molar-refractivity contribution < 1.29 is 19.4 Å². The van der Waals surface area contributed by atoms with Crippen LogP contribution in [0, 0.1) is 20.8 Å². The second kappa shape index (κ2) is 7.53. The second-order valence-corrected chi connectivity index (χ2v) is 7.39. The topological polar surface area (TPSA) is 98.0 Å². The average molecular weight is 417 g/mol. The van der Waals surface area contributed by atoms with Crippen molar-refractivity contribution in [2.75, 3.05) is 19.8 Å². The Kier molecular flexibility index (Phi) is 5.06. The van der Waals surface area contributed by atoms with Gasteiger partial charge in [0.2, 0.25) is 0 Å². The molecule has 4 rings (SSSR count). The summed E-state index contributed by atoms with van der Waals surface area (Å²) in [5, 5.41) is 18.1. The van der Waals surface area contributed by atoms with Gasteiger partial charge < -0.3 is 19.9 Å². The van der Waals surface area contributed by atoms with Crippen molar-refractivity contribution in [1.82, 2.24) is 19.9 Å². The minimum Gasteiger partial charge on any atom is -0.486 e. The molecule has 0 aliphatic carbocycles. The van der Waals surface area contributed by atoms with Crippen molar-refractivity contribution in [3.63, 3.8) is 0 Å². The Labute approximate surface area is 172 Å². The third-order valence-corrected chi connectivity index (χ3v) is 5.04. The number of hydrogen-bond donors (Lipinski definition) is 2. The molecule has 1 aliphatic rings. The van der Waals surface area contributed by atoms with Crippen LogP contribution in [0.25, 0.3) is 5.65 Å². The highest BCUT2D eigenvalue weighted by Crippen LogP contribution is 2.39. The largest absolute Gasteiger partial charge is 0.486 e. The van der Waals surface area contributed by atoms with Crippen molar-refractivity contribution in [2.24, 2.45) is 0 Å². The highest BCUT2D eigenvalue weighted by molar-refractivity contribution is 6.32. The van der Waals surface area contributed by atoms with Gasteiger partial charge in [-0.3, -0.25) is 4.79 Å². The van der Waals surface area contributed by atoms with Crippen molar-refractivity contribution >= 4 is 23.2 Å². The lowest BCUT2D eigenvalue weighted by atomic mass is 10.1. The van der Waals surface area contributed by atoms with E-state index in [1.807, 2.05) is 19.9 Å². The molecule has 1 amide bonds. The molecule has 0 saturated carbocycles. The Morgan fingerprint density at radius 2 is 2.03 bits per heavy atom. The molecule has 0 fully saturated rings. The standard InChI is InChI=1S/C20H21ClN4O4/c1-10-6-11(2)25-19(23-10)17(12(3)24-25)20(27)22-9-15(26)13-7-14(21)18-16(8-13)28-4-5-29-18/h6-8,15,26H,4-5,9H2,1-3H3,(H,22,27). The van der Waals surface area contributed by atoms with Gasteiger partial charge in [0.25, 0.3) is 5.91 Å². The molecular formula is C20H21ClN4O4. The summed E-state index contributed by atoms with van der Waals surface area (Å²) in [6, 6.07) is 5.18. The van der Waals surface area contributed by atoms with Gasteiger partial charge in [0.15, 0.2) is 17.1 Å². The summed E-state index contributed by atoms with van der Waals surface area (Å²) >= 11 is 6.23. The first-order chi connectivity index (χ1) is 13.8. The number of aromatic nitrogens is 3.